The number of fused-ring (bicyclic) bond motifs is 1. The zero-order chi connectivity index (χ0) is 25.8. The summed E-state index contributed by atoms with van der Waals surface area (Å²) >= 11 is 0. The van der Waals surface area contributed by atoms with Gasteiger partial charge in [0.1, 0.15) is 35.4 Å². The molecular formula is C25H25F2N7O2. The fourth-order valence-electron chi connectivity index (χ4n) is 4.07. The van der Waals surface area contributed by atoms with E-state index in [0.29, 0.717) is 23.7 Å². The van der Waals surface area contributed by atoms with Gasteiger partial charge >= 0.3 is 0 Å². The first kappa shape index (κ1) is 25.0. The molecule has 186 valence electrons. The number of aromatic nitrogens is 5. The fraction of sp³-hybridized carbons (Fsp3) is 0.280. The van der Waals surface area contributed by atoms with E-state index in [1.54, 1.807) is 36.2 Å². The van der Waals surface area contributed by atoms with Gasteiger partial charge in [0.15, 0.2) is 11.6 Å². The molecule has 9 nitrogen and oxygen atoms in total. The molecule has 0 spiro atoms. The van der Waals surface area contributed by atoms with E-state index in [1.165, 1.54) is 6.07 Å². The Bertz CT molecular complexity index is 1390. The number of imidazole rings is 1. The van der Waals surface area contributed by atoms with Crippen molar-refractivity contribution in [3.05, 3.63) is 59.7 Å². The number of halogens is 2. The van der Waals surface area contributed by atoms with E-state index >= 15 is 0 Å². The molecule has 0 amide bonds. The summed E-state index contributed by atoms with van der Waals surface area (Å²) in [7, 11) is 0. The highest BCUT2D eigenvalue weighted by atomic mass is 19.1. The normalized spacial score (nSPS) is 11.4. The fourth-order valence-corrected chi connectivity index (χ4v) is 4.07. The van der Waals surface area contributed by atoms with E-state index in [0.717, 1.165) is 24.3 Å². The average molecular weight is 494 g/mol. The molecule has 3 aromatic heterocycles. The third-order valence-corrected chi connectivity index (χ3v) is 5.60. The smallest absolute Gasteiger partial charge is 0.229 e. The number of hydrogen-bond donors (Lipinski definition) is 1. The van der Waals surface area contributed by atoms with Gasteiger partial charge in [0.05, 0.1) is 24.8 Å². The van der Waals surface area contributed by atoms with Crippen LogP contribution in [0.15, 0.2) is 36.7 Å². The molecule has 0 bridgehead atoms. The highest BCUT2D eigenvalue weighted by Gasteiger charge is 2.18. The van der Waals surface area contributed by atoms with Gasteiger partial charge in [-0.15, -0.1) is 0 Å². The van der Waals surface area contributed by atoms with Crippen LogP contribution < -0.4 is 5.32 Å². The molecule has 0 saturated heterocycles. The maximum atomic E-state index is 14.9. The molecule has 4 rings (SSSR count). The van der Waals surface area contributed by atoms with Gasteiger partial charge in [0.25, 0.3) is 0 Å². The lowest BCUT2D eigenvalue weighted by atomic mass is 10.1. The Kier molecular flexibility index (Phi) is 7.39. The number of benzene rings is 1. The van der Waals surface area contributed by atoms with Gasteiger partial charge in [-0.05, 0) is 44.5 Å². The minimum atomic E-state index is -0.694. The Morgan fingerprint density at radius 3 is 2.42 bits per heavy atom. The molecule has 0 aliphatic carbocycles. The van der Waals surface area contributed by atoms with Crippen molar-refractivity contribution in [2.75, 3.05) is 18.4 Å². The maximum Gasteiger partial charge on any atom is 0.229 e. The van der Waals surface area contributed by atoms with Crippen LogP contribution in [0.5, 0.6) is 0 Å². The van der Waals surface area contributed by atoms with Crippen LogP contribution >= 0.6 is 0 Å². The Balaban J connectivity index is 1.60. The number of nitrogens with one attached hydrogen (secondary N) is 1. The molecule has 0 aliphatic heterocycles. The topological polar surface area (TPSA) is 106 Å². The van der Waals surface area contributed by atoms with Gasteiger partial charge < -0.3 is 19.5 Å². The standard InChI is InChI=1S/C25H25F2N7O2/c1-15(2)34-16(3)30-24-19(26)10-18(11-21(24)34)23-20(27)13-29-25(32-23)31-22-5-4-17(12-28-22)14-33(6-8-35)7-9-36/h4-5,8-13,15H,6-7,14H2,1-3H3,(H,28,29,31,32). The van der Waals surface area contributed by atoms with Gasteiger partial charge in [-0.2, -0.15) is 0 Å². The SMILES string of the molecule is Cc1nc2c(F)cc(-c3nc(Nc4ccc(CN(CC=O)CC=O)cn4)ncc3F)cc2n1C(C)C. The van der Waals surface area contributed by atoms with Gasteiger partial charge in [-0.25, -0.2) is 28.7 Å². The third kappa shape index (κ3) is 5.25. The molecule has 0 aliphatic rings. The molecule has 0 saturated carbocycles. The van der Waals surface area contributed by atoms with Gasteiger partial charge in [0, 0.05) is 24.3 Å². The summed E-state index contributed by atoms with van der Waals surface area (Å²) in [6.07, 6.45) is 4.08. The Morgan fingerprint density at radius 1 is 1.03 bits per heavy atom. The van der Waals surface area contributed by atoms with Crippen molar-refractivity contribution in [3.8, 4) is 11.3 Å². The molecule has 11 heteroatoms. The van der Waals surface area contributed by atoms with Crippen LogP contribution in [-0.2, 0) is 16.1 Å². The average Bonchev–Trinajstić information content (AvgIpc) is 3.18. The first-order valence-corrected chi connectivity index (χ1v) is 11.3. The molecule has 0 fully saturated rings. The number of aldehydes is 2. The predicted octanol–water partition coefficient (Wildman–Crippen LogP) is 4.00. The summed E-state index contributed by atoms with van der Waals surface area (Å²) in [5, 5.41) is 2.92. The molecule has 0 radical (unpaired) electrons. The monoisotopic (exact) mass is 493 g/mol. The lowest BCUT2D eigenvalue weighted by molar-refractivity contribution is -0.111. The van der Waals surface area contributed by atoms with Crippen molar-refractivity contribution in [1.29, 1.82) is 0 Å². The summed E-state index contributed by atoms with van der Waals surface area (Å²) in [4.78, 5) is 40.1. The Morgan fingerprint density at radius 2 is 1.78 bits per heavy atom. The first-order chi connectivity index (χ1) is 17.3. The largest absolute Gasteiger partial charge is 0.326 e. The van der Waals surface area contributed by atoms with E-state index in [-0.39, 0.29) is 41.9 Å². The van der Waals surface area contributed by atoms with Gasteiger partial charge in [-0.1, -0.05) is 6.07 Å². The summed E-state index contributed by atoms with van der Waals surface area (Å²) in [6.45, 7) is 6.37. The third-order valence-electron chi connectivity index (χ3n) is 5.60. The summed E-state index contributed by atoms with van der Waals surface area (Å²) < 4.78 is 31.5. The first-order valence-electron chi connectivity index (χ1n) is 11.3. The van der Waals surface area contributed by atoms with Crippen molar-refractivity contribution in [2.24, 2.45) is 0 Å². The zero-order valence-corrected chi connectivity index (χ0v) is 20.1. The Labute approximate surface area is 206 Å². The number of aryl methyl sites for hydroxylation is 1. The summed E-state index contributed by atoms with van der Waals surface area (Å²) in [5.74, 6) is -0.0992. The highest BCUT2D eigenvalue weighted by Crippen LogP contribution is 2.30. The number of pyridine rings is 1. The summed E-state index contributed by atoms with van der Waals surface area (Å²) in [6, 6.07) is 6.38. The molecular weight excluding hydrogens is 468 g/mol. The van der Waals surface area contributed by atoms with E-state index < -0.39 is 11.6 Å². The number of carbonyl (C=O) groups excluding carboxylic acids is 2. The van der Waals surface area contributed by atoms with Crippen LogP contribution in [0.25, 0.3) is 22.3 Å². The molecule has 1 aromatic carbocycles. The lowest BCUT2D eigenvalue weighted by Gasteiger charge is -2.16. The number of hydrogen-bond acceptors (Lipinski definition) is 8. The second kappa shape index (κ2) is 10.6. The van der Waals surface area contributed by atoms with Gasteiger partial charge in [0.2, 0.25) is 5.95 Å². The van der Waals surface area contributed by atoms with Crippen LogP contribution in [-0.4, -0.2) is 55.1 Å². The quantitative estimate of drug-likeness (QED) is 0.331. The maximum absolute atomic E-state index is 14.9. The highest BCUT2D eigenvalue weighted by molar-refractivity contribution is 5.83. The second-order valence-corrected chi connectivity index (χ2v) is 8.54. The van der Waals surface area contributed by atoms with E-state index in [9.17, 15) is 18.4 Å². The second-order valence-electron chi connectivity index (χ2n) is 8.54. The van der Waals surface area contributed by atoms with E-state index in [4.69, 9.17) is 0 Å². The molecule has 3 heterocycles. The van der Waals surface area contributed by atoms with Crippen LogP contribution in [0, 0.1) is 18.6 Å². The van der Waals surface area contributed by atoms with Crippen molar-refractivity contribution in [3.63, 3.8) is 0 Å². The molecule has 0 atom stereocenters. The van der Waals surface area contributed by atoms with Gasteiger partial charge in [-0.3, -0.25) is 4.90 Å². The number of anilines is 2. The molecule has 36 heavy (non-hydrogen) atoms. The lowest BCUT2D eigenvalue weighted by Crippen LogP contribution is -2.27. The van der Waals surface area contributed by atoms with Crippen molar-refractivity contribution in [2.45, 2.75) is 33.4 Å². The minimum absolute atomic E-state index is 0.0372. The van der Waals surface area contributed by atoms with Crippen molar-refractivity contribution >= 4 is 35.4 Å². The van der Waals surface area contributed by atoms with Crippen LogP contribution in [0.1, 0.15) is 31.3 Å². The number of rotatable bonds is 10. The molecule has 0 unspecified atom stereocenters. The van der Waals surface area contributed by atoms with Crippen molar-refractivity contribution < 1.29 is 18.4 Å². The molecule has 4 aromatic rings. The van der Waals surface area contributed by atoms with Crippen LogP contribution in [0.2, 0.25) is 0 Å². The van der Waals surface area contributed by atoms with Crippen LogP contribution in [0.4, 0.5) is 20.5 Å². The zero-order valence-electron chi connectivity index (χ0n) is 20.1. The van der Waals surface area contributed by atoms with E-state index in [1.807, 2.05) is 18.4 Å². The predicted molar refractivity (Wildman–Crippen MR) is 131 cm³/mol. The van der Waals surface area contributed by atoms with Crippen molar-refractivity contribution in [1.82, 2.24) is 29.4 Å². The Hall–Kier alpha value is -4.12. The van der Waals surface area contributed by atoms with E-state index in [2.05, 4.69) is 25.3 Å². The minimum Gasteiger partial charge on any atom is -0.326 e. The number of carbonyl (C=O) groups is 2. The molecule has 1 N–H and O–H groups in total. The van der Waals surface area contributed by atoms with Crippen LogP contribution in [0.3, 0.4) is 0 Å². The summed E-state index contributed by atoms with van der Waals surface area (Å²) in [5.41, 5.74) is 1.78. The number of nitrogens with zero attached hydrogens (tertiary/aromatic N) is 6.